The number of unbranched alkanes of at least 4 members (excludes halogenated alkanes) is 1. The third-order valence-corrected chi connectivity index (χ3v) is 4.73. The first kappa shape index (κ1) is 15.9. The van der Waals surface area contributed by atoms with E-state index >= 15 is 0 Å². The van der Waals surface area contributed by atoms with Crippen molar-refractivity contribution in [1.29, 1.82) is 0 Å². The fourth-order valence-electron chi connectivity index (χ4n) is 2.25. The molecule has 21 heavy (non-hydrogen) atoms. The van der Waals surface area contributed by atoms with Crippen molar-refractivity contribution >= 4 is 11.0 Å². The van der Waals surface area contributed by atoms with Crippen molar-refractivity contribution < 1.29 is 4.21 Å². The molecular weight excluding hydrogens is 278 g/mol. The number of aryl methyl sites for hydroxylation is 1. The first-order valence-corrected chi connectivity index (χ1v) is 8.65. The average molecular weight is 301 g/mol. The van der Waals surface area contributed by atoms with Crippen LogP contribution in [0.25, 0.3) is 0 Å². The molecular formula is C18H23NOS. The molecule has 0 aromatic heterocycles. The third kappa shape index (κ3) is 4.80. The average Bonchev–Trinajstić information content (AvgIpc) is 2.52. The standard InChI is InChI=1S/C18H23NOS/c1-3-4-10-18(16-8-6-5-7-9-16)19-21(20)17-13-11-15(2)12-14-17/h5-9,11-14,18-19H,3-4,10H2,1-2H3/t18-,21+/m1/s1. The number of benzene rings is 2. The Bertz CT molecular complexity index is 566. The van der Waals surface area contributed by atoms with E-state index in [4.69, 9.17) is 0 Å². The topological polar surface area (TPSA) is 29.1 Å². The van der Waals surface area contributed by atoms with Gasteiger partial charge in [0.05, 0.1) is 4.90 Å². The number of nitrogens with one attached hydrogen (secondary N) is 1. The predicted octanol–water partition coefficient (Wildman–Crippen LogP) is 4.54. The number of hydrogen-bond donors (Lipinski definition) is 1. The molecule has 1 N–H and O–H groups in total. The van der Waals surface area contributed by atoms with Gasteiger partial charge in [-0.1, -0.05) is 67.8 Å². The predicted molar refractivity (Wildman–Crippen MR) is 89.4 cm³/mol. The van der Waals surface area contributed by atoms with Crippen molar-refractivity contribution in [3.63, 3.8) is 0 Å². The lowest BCUT2D eigenvalue weighted by molar-refractivity contribution is 0.559. The summed E-state index contributed by atoms with van der Waals surface area (Å²) >= 11 is 0. The zero-order valence-electron chi connectivity index (χ0n) is 12.7. The first-order valence-electron chi connectivity index (χ1n) is 7.50. The van der Waals surface area contributed by atoms with Gasteiger partial charge in [0.15, 0.2) is 0 Å². The van der Waals surface area contributed by atoms with Gasteiger partial charge in [-0.15, -0.1) is 0 Å². The second kappa shape index (κ2) is 8.11. The van der Waals surface area contributed by atoms with E-state index in [9.17, 15) is 4.21 Å². The Morgan fingerprint density at radius 2 is 1.71 bits per heavy atom. The second-order valence-electron chi connectivity index (χ2n) is 5.31. The van der Waals surface area contributed by atoms with Crippen LogP contribution in [0.5, 0.6) is 0 Å². The van der Waals surface area contributed by atoms with Gasteiger partial charge in [-0.25, -0.2) is 8.93 Å². The smallest absolute Gasteiger partial charge is 0.125 e. The number of rotatable bonds is 7. The second-order valence-corrected chi connectivity index (χ2v) is 6.55. The molecule has 0 bridgehead atoms. The minimum Gasteiger partial charge on any atom is -0.237 e. The van der Waals surface area contributed by atoms with E-state index in [2.05, 4.69) is 23.8 Å². The van der Waals surface area contributed by atoms with E-state index < -0.39 is 11.0 Å². The van der Waals surface area contributed by atoms with Gasteiger partial charge in [-0.2, -0.15) is 0 Å². The Labute approximate surface area is 130 Å². The summed E-state index contributed by atoms with van der Waals surface area (Å²) in [5.74, 6) is 0. The summed E-state index contributed by atoms with van der Waals surface area (Å²) < 4.78 is 15.8. The van der Waals surface area contributed by atoms with Gasteiger partial charge in [0, 0.05) is 6.04 Å². The van der Waals surface area contributed by atoms with Crippen LogP contribution in [0.2, 0.25) is 0 Å². The Morgan fingerprint density at radius 1 is 1.05 bits per heavy atom. The monoisotopic (exact) mass is 301 g/mol. The molecule has 0 unspecified atom stereocenters. The van der Waals surface area contributed by atoms with Crippen molar-refractivity contribution in [3.8, 4) is 0 Å². The molecule has 0 spiro atoms. The van der Waals surface area contributed by atoms with Crippen molar-refractivity contribution in [2.45, 2.75) is 44.0 Å². The molecule has 0 aliphatic rings. The van der Waals surface area contributed by atoms with Crippen LogP contribution in [0.1, 0.15) is 43.4 Å². The van der Waals surface area contributed by atoms with Gasteiger partial charge >= 0.3 is 0 Å². The van der Waals surface area contributed by atoms with Crippen LogP contribution >= 0.6 is 0 Å². The molecule has 2 aromatic rings. The highest BCUT2D eigenvalue weighted by Crippen LogP contribution is 2.21. The van der Waals surface area contributed by atoms with Crippen LogP contribution in [0.3, 0.4) is 0 Å². The Balaban J connectivity index is 2.11. The summed E-state index contributed by atoms with van der Waals surface area (Å²) in [6, 6.07) is 18.3. The van der Waals surface area contributed by atoms with E-state index in [1.807, 2.05) is 49.4 Å². The largest absolute Gasteiger partial charge is 0.237 e. The Morgan fingerprint density at radius 3 is 2.33 bits per heavy atom. The minimum absolute atomic E-state index is 0.133. The van der Waals surface area contributed by atoms with E-state index in [-0.39, 0.29) is 6.04 Å². The molecule has 0 saturated heterocycles. The minimum atomic E-state index is -1.18. The zero-order chi connectivity index (χ0) is 15.1. The molecule has 0 saturated carbocycles. The third-order valence-electron chi connectivity index (χ3n) is 3.53. The molecule has 112 valence electrons. The van der Waals surface area contributed by atoms with Crippen LogP contribution < -0.4 is 4.72 Å². The van der Waals surface area contributed by atoms with Crippen molar-refractivity contribution in [2.24, 2.45) is 0 Å². The molecule has 0 aliphatic heterocycles. The van der Waals surface area contributed by atoms with Crippen LogP contribution in [-0.2, 0) is 11.0 Å². The van der Waals surface area contributed by atoms with Crippen molar-refractivity contribution in [2.75, 3.05) is 0 Å². The molecule has 2 nitrogen and oxygen atoms in total. The van der Waals surface area contributed by atoms with Gasteiger partial charge in [-0.05, 0) is 31.0 Å². The fourth-order valence-corrected chi connectivity index (χ4v) is 3.28. The lowest BCUT2D eigenvalue weighted by atomic mass is 10.0. The summed E-state index contributed by atoms with van der Waals surface area (Å²) in [7, 11) is -1.18. The maximum Gasteiger partial charge on any atom is 0.125 e. The SMILES string of the molecule is CCCC[C@@H](N[S@@](=O)c1ccc(C)cc1)c1ccccc1. The molecule has 0 radical (unpaired) electrons. The molecule has 0 fully saturated rings. The summed E-state index contributed by atoms with van der Waals surface area (Å²) in [6.45, 7) is 4.22. The summed E-state index contributed by atoms with van der Waals surface area (Å²) in [5, 5.41) is 0. The normalized spacial score (nSPS) is 13.8. The molecule has 2 atom stereocenters. The van der Waals surface area contributed by atoms with Crippen LogP contribution in [0.4, 0.5) is 0 Å². The summed E-state index contributed by atoms with van der Waals surface area (Å²) in [5.41, 5.74) is 2.38. The zero-order valence-corrected chi connectivity index (χ0v) is 13.5. The molecule has 3 heteroatoms. The fraction of sp³-hybridized carbons (Fsp3) is 0.333. The maximum atomic E-state index is 12.5. The van der Waals surface area contributed by atoms with Crippen molar-refractivity contribution in [1.82, 2.24) is 4.72 Å². The van der Waals surface area contributed by atoms with Gasteiger partial charge < -0.3 is 0 Å². The lowest BCUT2D eigenvalue weighted by Crippen LogP contribution is -2.23. The highest BCUT2D eigenvalue weighted by atomic mass is 32.2. The van der Waals surface area contributed by atoms with Crippen LogP contribution in [0, 0.1) is 6.92 Å². The highest BCUT2D eigenvalue weighted by molar-refractivity contribution is 7.83. The van der Waals surface area contributed by atoms with Gasteiger partial charge in [0.25, 0.3) is 0 Å². The van der Waals surface area contributed by atoms with Crippen LogP contribution in [0.15, 0.2) is 59.5 Å². The van der Waals surface area contributed by atoms with Crippen molar-refractivity contribution in [3.05, 3.63) is 65.7 Å². The van der Waals surface area contributed by atoms with E-state index in [1.165, 1.54) is 11.1 Å². The molecule has 0 amide bonds. The molecule has 2 aromatic carbocycles. The van der Waals surface area contributed by atoms with Gasteiger partial charge in [-0.3, -0.25) is 0 Å². The quantitative estimate of drug-likeness (QED) is 0.799. The highest BCUT2D eigenvalue weighted by Gasteiger charge is 2.14. The lowest BCUT2D eigenvalue weighted by Gasteiger charge is -2.18. The first-order chi connectivity index (χ1) is 10.2. The van der Waals surface area contributed by atoms with E-state index in [0.29, 0.717) is 0 Å². The number of hydrogen-bond acceptors (Lipinski definition) is 1. The Hall–Kier alpha value is -1.45. The summed E-state index contributed by atoms with van der Waals surface area (Å²) in [6.07, 6.45) is 3.26. The van der Waals surface area contributed by atoms with Crippen LogP contribution in [-0.4, -0.2) is 4.21 Å². The van der Waals surface area contributed by atoms with Gasteiger partial charge in [0.1, 0.15) is 11.0 Å². The van der Waals surface area contributed by atoms with E-state index in [1.54, 1.807) is 0 Å². The molecule has 0 heterocycles. The summed E-state index contributed by atoms with van der Waals surface area (Å²) in [4.78, 5) is 0.832. The van der Waals surface area contributed by atoms with E-state index in [0.717, 1.165) is 24.2 Å². The van der Waals surface area contributed by atoms with Gasteiger partial charge in [0.2, 0.25) is 0 Å². The molecule has 2 rings (SSSR count). The maximum absolute atomic E-state index is 12.5. The Kier molecular flexibility index (Phi) is 6.15. The molecule has 0 aliphatic carbocycles.